The number of aryl methyl sites for hydroxylation is 2. The molecule has 7 aromatic rings. The van der Waals surface area contributed by atoms with Crippen LogP contribution in [-0.2, 0) is 0 Å². The predicted molar refractivity (Wildman–Crippen MR) is 245 cm³/mol. The maximum atomic E-state index is 2.29. The summed E-state index contributed by atoms with van der Waals surface area (Å²) in [5.41, 5.74) is 22.5. The van der Waals surface area contributed by atoms with E-state index in [9.17, 15) is 0 Å². The lowest BCUT2D eigenvalue weighted by atomic mass is 9.88. The van der Waals surface area contributed by atoms with Crippen LogP contribution in [0.4, 0.5) is 0 Å². The molecular weight excluding hydrogens is 673 g/mol. The smallest absolute Gasteiger partial charge is 0.0105 e. The maximum absolute atomic E-state index is 2.29. The zero-order chi connectivity index (χ0) is 39.0. The second kappa shape index (κ2) is 17.3. The Kier molecular flexibility index (Phi) is 11.7. The second-order valence-electron chi connectivity index (χ2n) is 14.9. The van der Waals surface area contributed by atoms with Gasteiger partial charge < -0.3 is 0 Å². The van der Waals surface area contributed by atoms with Gasteiger partial charge in [0.25, 0.3) is 0 Å². The van der Waals surface area contributed by atoms with Crippen molar-refractivity contribution in [3.8, 4) is 0 Å². The molecule has 7 rings (SSSR count). The summed E-state index contributed by atoms with van der Waals surface area (Å²) in [5.74, 6) is 0. The number of rotatable bonds is 10. The standard InChI is InChI=1S/C56H50/c1-39-17-31-51(32-18-39)55(49-13-9-7-10-14-49)37-47-25-21-45(22-26-47)29-35-53-41(3)43(5)54(44(6)42(53)4)36-30-46-23-27-48(28-24-46)38-56(50-15-11-8-12-16-50)52-33-19-40(2)20-34-52/h7-38H,1-6H3. The second-order valence-corrected chi connectivity index (χ2v) is 14.9. The van der Waals surface area contributed by atoms with Crippen molar-refractivity contribution in [1.29, 1.82) is 0 Å². The normalized spacial score (nSPS) is 12.2. The summed E-state index contributed by atoms with van der Waals surface area (Å²) in [4.78, 5) is 0. The van der Waals surface area contributed by atoms with E-state index in [0.717, 1.165) is 0 Å². The summed E-state index contributed by atoms with van der Waals surface area (Å²) in [6, 6.07) is 56.6. The molecule has 0 heteroatoms. The van der Waals surface area contributed by atoms with Gasteiger partial charge in [-0.05, 0) is 143 Å². The van der Waals surface area contributed by atoms with Gasteiger partial charge in [0.2, 0.25) is 0 Å². The molecule has 0 aliphatic carbocycles. The average Bonchev–Trinajstić information content (AvgIpc) is 3.23. The van der Waals surface area contributed by atoms with Crippen molar-refractivity contribution in [2.24, 2.45) is 0 Å². The van der Waals surface area contributed by atoms with E-state index in [1.807, 2.05) is 0 Å². The molecular formula is C56H50. The molecule has 0 spiro atoms. The Labute approximate surface area is 334 Å². The van der Waals surface area contributed by atoms with E-state index >= 15 is 0 Å². The highest BCUT2D eigenvalue weighted by Crippen LogP contribution is 2.31. The Bertz CT molecular complexity index is 2330. The van der Waals surface area contributed by atoms with E-state index in [2.05, 4.69) is 236 Å². The third-order valence-electron chi connectivity index (χ3n) is 11.0. The van der Waals surface area contributed by atoms with E-state index in [0.29, 0.717) is 0 Å². The van der Waals surface area contributed by atoms with Crippen molar-refractivity contribution < 1.29 is 0 Å². The molecule has 0 aliphatic heterocycles. The van der Waals surface area contributed by atoms with E-state index in [-0.39, 0.29) is 0 Å². The topological polar surface area (TPSA) is 0 Å². The van der Waals surface area contributed by atoms with Gasteiger partial charge in [-0.15, -0.1) is 0 Å². The number of benzene rings is 7. The first-order valence-corrected chi connectivity index (χ1v) is 19.6. The molecule has 274 valence electrons. The van der Waals surface area contributed by atoms with Crippen LogP contribution in [0.3, 0.4) is 0 Å². The van der Waals surface area contributed by atoms with Crippen LogP contribution < -0.4 is 0 Å². The Morgan fingerprint density at radius 3 is 0.893 bits per heavy atom. The fraction of sp³-hybridized carbons (Fsp3) is 0.107. The van der Waals surface area contributed by atoms with Crippen LogP contribution in [0.15, 0.2) is 158 Å². The quantitative estimate of drug-likeness (QED) is 0.123. The van der Waals surface area contributed by atoms with Gasteiger partial charge in [-0.2, -0.15) is 0 Å². The van der Waals surface area contributed by atoms with E-state index < -0.39 is 0 Å². The highest BCUT2D eigenvalue weighted by atomic mass is 14.2. The minimum absolute atomic E-state index is 1.18. The van der Waals surface area contributed by atoms with Crippen LogP contribution in [0, 0.1) is 41.5 Å². The van der Waals surface area contributed by atoms with Crippen LogP contribution in [0.2, 0.25) is 0 Å². The van der Waals surface area contributed by atoms with E-state index in [4.69, 9.17) is 0 Å². The van der Waals surface area contributed by atoms with Crippen LogP contribution in [0.25, 0.3) is 47.6 Å². The molecule has 0 aliphatic rings. The first-order chi connectivity index (χ1) is 27.2. The van der Waals surface area contributed by atoms with Crippen molar-refractivity contribution in [2.75, 3.05) is 0 Å². The Balaban J connectivity index is 1.09. The number of hydrogen-bond acceptors (Lipinski definition) is 0. The molecule has 7 aromatic carbocycles. The third-order valence-corrected chi connectivity index (χ3v) is 11.0. The van der Waals surface area contributed by atoms with E-state index in [1.54, 1.807) is 0 Å². The highest BCUT2D eigenvalue weighted by molar-refractivity contribution is 5.93. The monoisotopic (exact) mass is 722 g/mol. The number of hydrogen-bond donors (Lipinski definition) is 0. The summed E-state index contributed by atoms with van der Waals surface area (Å²) < 4.78 is 0. The van der Waals surface area contributed by atoms with Crippen molar-refractivity contribution in [3.05, 3.63) is 247 Å². The van der Waals surface area contributed by atoms with Gasteiger partial charge in [-0.25, -0.2) is 0 Å². The molecule has 0 N–H and O–H groups in total. The molecule has 0 unspecified atom stereocenters. The first kappa shape index (κ1) is 37.8. The Morgan fingerprint density at radius 2 is 0.571 bits per heavy atom. The first-order valence-electron chi connectivity index (χ1n) is 19.6. The van der Waals surface area contributed by atoms with Crippen LogP contribution >= 0.6 is 0 Å². The lowest BCUT2D eigenvalue weighted by molar-refractivity contribution is 1.21. The zero-order valence-corrected chi connectivity index (χ0v) is 33.5. The minimum atomic E-state index is 1.18. The van der Waals surface area contributed by atoms with Gasteiger partial charge in [0, 0.05) is 0 Å². The zero-order valence-electron chi connectivity index (χ0n) is 33.5. The van der Waals surface area contributed by atoms with Gasteiger partial charge in [0.1, 0.15) is 0 Å². The van der Waals surface area contributed by atoms with Gasteiger partial charge in [0.15, 0.2) is 0 Å². The van der Waals surface area contributed by atoms with E-state index in [1.165, 1.54) is 100 Å². The molecule has 56 heavy (non-hydrogen) atoms. The van der Waals surface area contributed by atoms with Crippen LogP contribution in [-0.4, -0.2) is 0 Å². The molecule has 0 heterocycles. The average molecular weight is 723 g/mol. The molecule has 0 atom stereocenters. The summed E-state index contributed by atoms with van der Waals surface area (Å²) in [7, 11) is 0. The minimum Gasteiger partial charge on any atom is -0.0622 e. The fourth-order valence-corrected chi connectivity index (χ4v) is 7.34. The summed E-state index contributed by atoms with van der Waals surface area (Å²) in [6.45, 7) is 13.3. The van der Waals surface area contributed by atoms with Gasteiger partial charge in [-0.1, -0.05) is 193 Å². The molecule has 0 bridgehead atoms. The van der Waals surface area contributed by atoms with Crippen molar-refractivity contribution >= 4 is 47.6 Å². The van der Waals surface area contributed by atoms with Gasteiger partial charge in [-0.3, -0.25) is 0 Å². The lowest BCUT2D eigenvalue weighted by Crippen LogP contribution is -1.99. The highest BCUT2D eigenvalue weighted by Gasteiger charge is 2.12. The third kappa shape index (κ3) is 8.89. The molecule has 0 amide bonds. The van der Waals surface area contributed by atoms with Crippen molar-refractivity contribution in [2.45, 2.75) is 41.5 Å². The molecule has 0 nitrogen and oxygen atoms in total. The van der Waals surface area contributed by atoms with Crippen molar-refractivity contribution in [3.63, 3.8) is 0 Å². The van der Waals surface area contributed by atoms with Crippen LogP contribution in [0.1, 0.15) is 89.0 Å². The Hall–Kier alpha value is -6.50. The molecule has 0 aromatic heterocycles. The van der Waals surface area contributed by atoms with Gasteiger partial charge in [0.05, 0.1) is 0 Å². The SMILES string of the molecule is Cc1ccc(C(=Cc2ccc(C=Cc3c(C)c(C)c(C=Cc4ccc(C=C(c5ccccc5)c5ccc(C)cc5)cc4)c(C)c3C)cc2)c2ccccc2)cc1. The largest absolute Gasteiger partial charge is 0.0622 e. The molecule has 0 saturated carbocycles. The maximum Gasteiger partial charge on any atom is -0.0105 e. The molecule has 0 radical (unpaired) electrons. The van der Waals surface area contributed by atoms with Crippen molar-refractivity contribution in [1.82, 2.24) is 0 Å². The van der Waals surface area contributed by atoms with Crippen LogP contribution in [0.5, 0.6) is 0 Å². The summed E-state index contributed by atoms with van der Waals surface area (Å²) in [5, 5.41) is 0. The molecule has 0 saturated heterocycles. The van der Waals surface area contributed by atoms with Gasteiger partial charge >= 0.3 is 0 Å². The fourth-order valence-electron chi connectivity index (χ4n) is 7.34. The summed E-state index contributed by atoms with van der Waals surface area (Å²) in [6.07, 6.45) is 13.6. The lowest BCUT2D eigenvalue weighted by Gasteiger charge is -2.17. The Morgan fingerprint density at radius 1 is 0.286 bits per heavy atom. The summed E-state index contributed by atoms with van der Waals surface area (Å²) >= 11 is 0. The molecule has 0 fully saturated rings. The predicted octanol–water partition coefficient (Wildman–Crippen LogP) is 15.1.